The van der Waals surface area contributed by atoms with Gasteiger partial charge < -0.3 is 9.47 Å². The molecule has 1 aliphatic rings. The third-order valence-corrected chi connectivity index (χ3v) is 6.04. The van der Waals surface area contributed by atoms with Crippen LogP contribution in [0.4, 0.5) is 32.0 Å². The van der Waals surface area contributed by atoms with E-state index >= 15 is 0 Å². The molecular formula is C21H13F6NO4S. The number of alkyl halides is 6. The van der Waals surface area contributed by atoms with E-state index in [1.807, 2.05) is 0 Å². The van der Waals surface area contributed by atoms with E-state index < -0.39 is 39.8 Å². The third-order valence-electron chi connectivity index (χ3n) is 4.64. The molecule has 3 aromatic rings. The second kappa shape index (κ2) is 7.87. The molecule has 0 fully saturated rings. The molecule has 174 valence electrons. The molecule has 1 heterocycles. The van der Waals surface area contributed by atoms with Crippen LogP contribution < -0.4 is 14.2 Å². The van der Waals surface area contributed by atoms with E-state index in [2.05, 4.69) is 4.72 Å². The maximum Gasteiger partial charge on any atom is 0.417 e. The second-order valence-electron chi connectivity index (χ2n) is 6.95. The molecule has 12 heteroatoms. The van der Waals surface area contributed by atoms with Gasteiger partial charge >= 0.3 is 12.4 Å². The third kappa shape index (κ3) is 4.70. The highest BCUT2D eigenvalue weighted by Crippen LogP contribution is 2.45. The summed E-state index contributed by atoms with van der Waals surface area (Å²) in [5.74, 6) is 0.0813. The molecule has 3 aromatic carbocycles. The molecule has 4 rings (SSSR count). The summed E-state index contributed by atoms with van der Waals surface area (Å²) in [5.41, 5.74) is -3.90. The summed E-state index contributed by atoms with van der Waals surface area (Å²) in [6.07, 6.45) is -11.9. The number of ether oxygens (including phenoxy) is 2. The number of halogens is 6. The number of sulfonamides is 1. The number of nitrogens with one attached hydrogen (secondary N) is 1. The van der Waals surface area contributed by atoms with E-state index in [0.29, 0.717) is 12.1 Å². The van der Waals surface area contributed by atoms with E-state index in [0.717, 1.165) is 6.07 Å². The largest absolute Gasteiger partial charge is 0.447 e. The Morgan fingerprint density at radius 1 is 0.727 bits per heavy atom. The lowest BCUT2D eigenvalue weighted by Gasteiger charge is -2.18. The standard InChI is InChI=1S/C21H13F6NO4S/c22-20(23,24)15-8-6-12(10-16(15)21(25,26)27)19-31-17-9-7-13(11-18(17)32-19)28-33(29,30)14-4-2-1-3-5-14/h1-11,19,28H. The van der Waals surface area contributed by atoms with E-state index in [-0.39, 0.29) is 27.6 Å². The molecule has 1 atom stereocenters. The minimum atomic E-state index is -5.25. The van der Waals surface area contributed by atoms with Gasteiger partial charge in [-0.3, -0.25) is 4.72 Å². The van der Waals surface area contributed by atoms with Gasteiger partial charge in [-0.05, 0) is 36.4 Å². The monoisotopic (exact) mass is 489 g/mol. The second-order valence-corrected chi connectivity index (χ2v) is 8.63. The summed E-state index contributed by atoms with van der Waals surface area (Å²) in [6, 6.07) is 12.9. The summed E-state index contributed by atoms with van der Waals surface area (Å²) >= 11 is 0. The predicted molar refractivity (Wildman–Crippen MR) is 104 cm³/mol. The van der Waals surface area contributed by atoms with Crippen LogP contribution in [-0.4, -0.2) is 8.42 Å². The van der Waals surface area contributed by atoms with Crippen molar-refractivity contribution in [2.24, 2.45) is 0 Å². The SMILES string of the molecule is O=S(=O)(Nc1ccc2c(c1)OC(c1ccc(C(F)(F)F)c(C(F)(F)F)c1)O2)c1ccccc1. The van der Waals surface area contributed by atoms with Crippen molar-refractivity contribution < 1.29 is 44.2 Å². The Morgan fingerprint density at radius 3 is 2.00 bits per heavy atom. The van der Waals surface area contributed by atoms with Crippen LogP contribution in [0, 0.1) is 0 Å². The highest BCUT2D eigenvalue weighted by atomic mass is 32.2. The predicted octanol–water partition coefficient (Wildman–Crippen LogP) is 6.00. The highest BCUT2D eigenvalue weighted by Gasteiger charge is 2.44. The first-order valence-electron chi connectivity index (χ1n) is 9.18. The first-order chi connectivity index (χ1) is 15.3. The van der Waals surface area contributed by atoms with Crippen molar-refractivity contribution in [3.05, 3.63) is 83.4 Å². The number of hydrogen-bond donors (Lipinski definition) is 1. The van der Waals surface area contributed by atoms with Crippen molar-refractivity contribution in [2.75, 3.05) is 4.72 Å². The van der Waals surface area contributed by atoms with Crippen LogP contribution in [0.25, 0.3) is 0 Å². The van der Waals surface area contributed by atoms with E-state index in [1.165, 1.54) is 42.5 Å². The number of anilines is 1. The van der Waals surface area contributed by atoms with Crippen molar-refractivity contribution in [2.45, 2.75) is 23.5 Å². The van der Waals surface area contributed by atoms with Crippen LogP contribution in [0.2, 0.25) is 0 Å². The van der Waals surface area contributed by atoms with Crippen molar-refractivity contribution in [1.82, 2.24) is 0 Å². The van der Waals surface area contributed by atoms with Gasteiger partial charge in [-0.1, -0.05) is 24.3 Å². The highest BCUT2D eigenvalue weighted by molar-refractivity contribution is 7.92. The van der Waals surface area contributed by atoms with E-state index in [1.54, 1.807) is 6.07 Å². The maximum absolute atomic E-state index is 13.2. The quantitative estimate of drug-likeness (QED) is 0.457. The number of fused-ring (bicyclic) bond motifs is 1. The fourth-order valence-corrected chi connectivity index (χ4v) is 4.23. The van der Waals surface area contributed by atoms with Crippen LogP contribution in [-0.2, 0) is 22.4 Å². The van der Waals surface area contributed by atoms with Crippen LogP contribution in [0.15, 0.2) is 71.6 Å². The fraction of sp³-hybridized carbons (Fsp3) is 0.143. The van der Waals surface area contributed by atoms with Crippen molar-refractivity contribution in [3.8, 4) is 11.5 Å². The van der Waals surface area contributed by atoms with Gasteiger partial charge in [0.25, 0.3) is 16.3 Å². The Morgan fingerprint density at radius 2 is 1.36 bits per heavy atom. The Balaban J connectivity index is 1.59. The molecule has 5 nitrogen and oxygen atoms in total. The van der Waals surface area contributed by atoms with Gasteiger partial charge in [-0.25, -0.2) is 8.42 Å². The van der Waals surface area contributed by atoms with E-state index in [9.17, 15) is 34.8 Å². The first kappa shape index (κ1) is 22.8. The molecule has 1 unspecified atom stereocenters. The summed E-state index contributed by atoms with van der Waals surface area (Å²) in [7, 11) is -3.92. The maximum atomic E-state index is 13.2. The lowest BCUT2D eigenvalue weighted by molar-refractivity contribution is -0.162. The number of hydrogen-bond acceptors (Lipinski definition) is 4. The zero-order chi connectivity index (χ0) is 24.0. The molecule has 0 saturated heterocycles. The molecular weight excluding hydrogens is 476 g/mol. The Kier molecular flexibility index (Phi) is 5.43. The van der Waals surface area contributed by atoms with Crippen molar-refractivity contribution in [1.29, 1.82) is 0 Å². The van der Waals surface area contributed by atoms with E-state index in [4.69, 9.17) is 9.47 Å². The molecule has 0 saturated carbocycles. The van der Waals surface area contributed by atoms with Crippen molar-refractivity contribution in [3.63, 3.8) is 0 Å². The smallest absolute Gasteiger partial charge is 0.417 e. The summed E-state index contributed by atoms with van der Waals surface area (Å²) < 4.78 is 117. The summed E-state index contributed by atoms with van der Waals surface area (Å²) in [5, 5.41) is 0. The molecule has 0 aliphatic carbocycles. The van der Waals surface area contributed by atoms with Crippen LogP contribution >= 0.6 is 0 Å². The molecule has 1 N–H and O–H groups in total. The zero-order valence-electron chi connectivity index (χ0n) is 16.2. The molecule has 0 aromatic heterocycles. The first-order valence-corrected chi connectivity index (χ1v) is 10.7. The molecule has 0 bridgehead atoms. The topological polar surface area (TPSA) is 64.6 Å². The Hall–Kier alpha value is -3.41. The summed E-state index contributed by atoms with van der Waals surface area (Å²) in [4.78, 5) is 0.00461. The van der Waals surface area contributed by atoms with Gasteiger partial charge in [-0.2, -0.15) is 26.3 Å². The molecule has 1 aliphatic heterocycles. The van der Waals surface area contributed by atoms with Crippen molar-refractivity contribution >= 4 is 15.7 Å². The van der Waals surface area contributed by atoms with Gasteiger partial charge in [-0.15, -0.1) is 0 Å². The molecule has 0 radical (unpaired) electrons. The average Bonchev–Trinajstić information content (AvgIpc) is 3.16. The summed E-state index contributed by atoms with van der Waals surface area (Å²) in [6.45, 7) is 0. The van der Waals surface area contributed by atoms with Crippen LogP contribution in [0.3, 0.4) is 0 Å². The van der Waals surface area contributed by atoms with Crippen LogP contribution in [0.1, 0.15) is 23.0 Å². The Bertz CT molecular complexity index is 1290. The van der Waals surface area contributed by atoms with Gasteiger partial charge in [0.2, 0.25) is 0 Å². The zero-order valence-corrected chi connectivity index (χ0v) is 17.1. The lowest BCUT2D eigenvalue weighted by atomic mass is 10.0. The molecule has 0 amide bonds. The number of rotatable bonds is 4. The van der Waals surface area contributed by atoms with Crippen LogP contribution in [0.5, 0.6) is 11.5 Å². The average molecular weight is 489 g/mol. The number of benzene rings is 3. The van der Waals surface area contributed by atoms with Gasteiger partial charge in [0, 0.05) is 11.6 Å². The van der Waals surface area contributed by atoms with Gasteiger partial charge in [0.1, 0.15) is 0 Å². The van der Waals surface area contributed by atoms with Gasteiger partial charge in [0.05, 0.1) is 21.7 Å². The Labute approximate surface area is 183 Å². The normalized spacial score (nSPS) is 16.0. The minimum Gasteiger partial charge on any atom is -0.447 e. The molecule has 33 heavy (non-hydrogen) atoms. The van der Waals surface area contributed by atoms with Gasteiger partial charge in [0.15, 0.2) is 11.5 Å². The minimum absolute atomic E-state index is 0.00159. The molecule has 0 spiro atoms. The lowest BCUT2D eigenvalue weighted by Crippen LogP contribution is -2.18. The fourth-order valence-electron chi connectivity index (χ4n) is 3.16.